The van der Waals surface area contributed by atoms with Crippen molar-refractivity contribution in [2.45, 2.75) is 32.4 Å². The van der Waals surface area contributed by atoms with E-state index in [1.807, 2.05) is 6.92 Å². The highest BCUT2D eigenvalue weighted by Gasteiger charge is 2.25. The van der Waals surface area contributed by atoms with Gasteiger partial charge in [0.25, 0.3) is 11.5 Å². The molecule has 1 fully saturated rings. The third-order valence-electron chi connectivity index (χ3n) is 3.92. The molecule has 21 heavy (non-hydrogen) atoms. The summed E-state index contributed by atoms with van der Waals surface area (Å²) in [5, 5.41) is 2.80. The van der Waals surface area contributed by atoms with Crippen molar-refractivity contribution in [2.24, 2.45) is 7.05 Å². The zero-order chi connectivity index (χ0) is 15.0. The molecule has 0 aliphatic heterocycles. The zero-order valence-electron chi connectivity index (χ0n) is 12.2. The lowest BCUT2D eigenvalue weighted by Gasteiger charge is -2.09. The molecule has 2 heterocycles. The van der Waals surface area contributed by atoms with E-state index in [-0.39, 0.29) is 17.0 Å². The minimum absolute atomic E-state index is 0.167. The largest absolute Gasteiger partial charge is 0.346 e. The maximum Gasteiger partial charge on any atom is 0.263 e. The van der Waals surface area contributed by atoms with Crippen LogP contribution in [0.2, 0.25) is 0 Å². The van der Waals surface area contributed by atoms with Crippen LogP contribution >= 0.6 is 0 Å². The Bertz CT molecular complexity index is 740. The molecule has 6 nitrogen and oxygen atoms in total. The Morgan fingerprint density at radius 1 is 1.43 bits per heavy atom. The van der Waals surface area contributed by atoms with Gasteiger partial charge >= 0.3 is 0 Å². The number of nitrogens with zero attached hydrogens (tertiary/aromatic N) is 3. The second kappa shape index (κ2) is 5.20. The number of imidazole rings is 1. The first-order chi connectivity index (χ1) is 10.1. The predicted molar refractivity (Wildman–Crippen MR) is 78.1 cm³/mol. The monoisotopic (exact) mass is 286 g/mol. The SMILES string of the molecule is Cc1ccc(C(=O)NCc2cncn2C2CC2)c(=O)n1C. The van der Waals surface area contributed by atoms with Crippen molar-refractivity contribution < 1.29 is 4.79 Å². The second-order valence-corrected chi connectivity index (χ2v) is 5.46. The van der Waals surface area contributed by atoms with Crippen LogP contribution in [0.25, 0.3) is 0 Å². The van der Waals surface area contributed by atoms with Crippen LogP contribution < -0.4 is 10.9 Å². The summed E-state index contributed by atoms with van der Waals surface area (Å²) in [7, 11) is 1.66. The van der Waals surface area contributed by atoms with E-state index < -0.39 is 0 Å². The molecule has 0 aromatic carbocycles. The topological polar surface area (TPSA) is 68.9 Å². The van der Waals surface area contributed by atoms with Gasteiger partial charge in [0.05, 0.1) is 18.6 Å². The summed E-state index contributed by atoms with van der Waals surface area (Å²) in [6.07, 6.45) is 5.88. The Balaban J connectivity index is 1.73. The minimum atomic E-state index is -0.348. The highest BCUT2D eigenvalue weighted by molar-refractivity contribution is 5.93. The molecule has 0 radical (unpaired) electrons. The Labute approximate surface area is 122 Å². The number of amides is 1. The highest BCUT2D eigenvalue weighted by atomic mass is 16.2. The van der Waals surface area contributed by atoms with E-state index in [9.17, 15) is 9.59 Å². The van der Waals surface area contributed by atoms with Gasteiger partial charge in [0.1, 0.15) is 5.56 Å². The standard InChI is InChI=1S/C15H18N4O2/c1-10-3-6-13(15(21)18(10)2)14(20)17-8-12-7-16-9-19(12)11-4-5-11/h3,6-7,9,11H,4-5,8H2,1-2H3,(H,17,20). The quantitative estimate of drug-likeness (QED) is 0.917. The van der Waals surface area contributed by atoms with Crippen LogP contribution in [0.4, 0.5) is 0 Å². The summed E-state index contributed by atoms with van der Waals surface area (Å²) >= 11 is 0. The number of aryl methyl sites for hydroxylation is 1. The molecule has 0 unspecified atom stereocenters. The van der Waals surface area contributed by atoms with Gasteiger partial charge in [-0.3, -0.25) is 9.59 Å². The van der Waals surface area contributed by atoms with E-state index >= 15 is 0 Å². The van der Waals surface area contributed by atoms with Gasteiger partial charge < -0.3 is 14.5 Å². The third kappa shape index (κ3) is 2.61. The minimum Gasteiger partial charge on any atom is -0.346 e. The van der Waals surface area contributed by atoms with Crippen LogP contribution in [0.1, 0.15) is 40.6 Å². The first-order valence-electron chi connectivity index (χ1n) is 7.03. The van der Waals surface area contributed by atoms with Gasteiger partial charge in [-0.1, -0.05) is 0 Å². The van der Waals surface area contributed by atoms with Crippen molar-refractivity contribution in [3.05, 3.63) is 52.0 Å². The van der Waals surface area contributed by atoms with Crippen molar-refractivity contribution in [3.8, 4) is 0 Å². The van der Waals surface area contributed by atoms with E-state index in [0.717, 1.165) is 24.2 Å². The van der Waals surface area contributed by atoms with Gasteiger partial charge in [-0.05, 0) is 31.9 Å². The molecule has 2 aromatic heterocycles. The van der Waals surface area contributed by atoms with Gasteiger partial charge in [0, 0.05) is 25.0 Å². The van der Waals surface area contributed by atoms with E-state index in [2.05, 4.69) is 14.9 Å². The fraction of sp³-hybridized carbons (Fsp3) is 0.400. The number of carbonyl (C=O) groups is 1. The maximum atomic E-state index is 12.2. The van der Waals surface area contributed by atoms with Gasteiger partial charge in [-0.15, -0.1) is 0 Å². The molecule has 0 atom stereocenters. The molecule has 0 bridgehead atoms. The normalized spacial score (nSPS) is 14.2. The average molecular weight is 286 g/mol. The summed E-state index contributed by atoms with van der Waals surface area (Å²) in [5.41, 5.74) is 1.68. The lowest BCUT2D eigenvalue weighted by Crippen LogP contribution is -2.32. The lowest BCUT2D eigenvalue weighted by atomic mass is 10.2. The van der Waals surface area contributed by atoms with Gasteiger partial charge in [0.15, 0.2) is 0 Å². The molecule has 1 amide bonds. The molecule has 0 saturated heterocycles. The van der Waals surface area contributed by atoms with Gasteiger partial charge in [0.2, 0.25) is 0 Å². The Morgan fingerprint density at radius 2 is 2.19 bits per heavy atom. The van der Waals surface area contributed by atoms with E-state index in [0.29, 0.717) is 12.6 Å². The molecular formula is C15H18N4O2. The van der Waals surface area contributed by atoms with E-state index in [4.69, 9.17) is 0 Å². The zero-order valence-corrected chi connectivity index (χ0v) is 12.2. The number of hydrogen-bond acceptors (Lipinski definition) is 3. The second-order valence-electron chi connectivity index (χ2n) is 5.46. The predicted octanol–water partition coefficient (Wildman–Crippen LogP) is 1.16. The van der Waals surface area contributed by atoms with Gasteiger partial charge in [-0.2, -0.15) is 0 Å². The smallest absolute Gasteiger partial charge is 0.263 e. The average Bonchev–Trinajstić information content (AvgIpc) is 3.21. The van der Waals surface area contributed by atoms with Crippen molar-refractivity contribution in [1.29, 1.82) is 0 Å². The number of carbonyl (C=O) groups excluding carboxylic acids is 1. The number of pyridine rings is 1. The van der Waals surface area contributed by atoms with E-state index in [1.54, 1.807) is 31.7 Å². The molecule has 1 N–H and O–H groups in total. The molecule has 3 rings (SSSR count). The summed E-state index contributed by atoms with van der Waals surface area (Å²) < 4.78 is 3.57. The molecule has 1 saturated carbocycles. The Hall–Kier alpha value is -2.37. The van der Waals surface area contributed by atoms with Crippen molar-refractivity contribution in [1.82, 2.24) is 19.4 Å². The van der Waals surface area contributed by atoms with Crippen molar-refractivity contribution >= 4 is 5.91 Å². The van der Waals surface area contributed by atoms with Crippen LogP contribution in [0, 0.1) is 6.92 Å². The summed E-state index contributed by atoms with van der Waals surface area (Å²) in [6, 6.07) is 3.86. The van der Waals surface area contributed by atoms with Crippen molar-refractivity contribution in [3.63, 3.8) is 0 Å². The molecule has 6 heteroatoms. The maximum absolute atomic E-state index is 12.2. The Kier molecular flexibility index (Phi) is 3.37. The highest BCUT2D eigenvalue weighted by Crippen LogP contribution is 2.35. The lowest BCUT2D eigenvalue weighted by molar-refractivity contribution is 0.0948. The van der Waals surface area contributed by atoms with Crippen LogP contribution in [0.5, 0.6) is 0 Å². The van der Waals surface area contributed by atoms with Crippen LogP contribution in [0.3, 0.4) is 0 Å². The molecule has 1 aliphatic rings. The fourth-order valence-corrected chi connectivity index (χ4v) is 2.32. The Morgan fingerprint density at radius 3 is 2.90 bits per heavy atom. The fourth-order valence-electron chi connectivity index (χ4n) is 2.32. The summed E-state index contributed by atoms with van der Waals surface area (Å²) in [4.78, 5) is 28.4. The molecule has 1 aliphatic carbocycles. The summed E-state index contributed by atoms with van der Waals surface area (Å²) in [5.74, 6) is -0.348. The molecule has 0 spiro atoms. The third-order valence-corrected chi connectivity index (χ3v) is 3.92. The van der Waals surface area contributed by atoms with Crippen LogP contribution in [0.15, 0.2) is 29.5 Å². The first kappa shape index (κ1) is 13.6. The van der Waals surface area contributed by atoms with Crippen LogP contribution in [-0.4, -0.2) is 20.0 Å². The first-order valence-corrected chi connectivity index (χ1v) is 7.03. The number of aromatic nitrogens is 3. The summed E-state index contributed by atoms with van der Waals surface area (Å²) in [6.45, 7) is 2.21. The number of nitrogens with one attached hydrogen (secondary N) is 1. The molecule has 2 aromatic rings. The van der Waals surface area contributed by atoms with Gasteiger partial charge in [-0.25, -0.2) is 4.98 Å². The number of hydrogen-bond donors (Lipinski definition) is 1. The molecular weight excluding hydrogens is 268 g/mol. The van der Waals surface area contributed by atoms with E-state index in [1.165, 1.54) is 4.57 Å². The number of rotatable bonds is 4. The van der Waals surface area contributed by atoms with Crippen LogP contribution in [-0.2, 0) is 13.6 Å². The molecule has 110 valence electrons. The van der Waals surface area contributed by atoms with Crippen molar-refractivity contribution in [2.75, 3.05) is 0 Å².